The first-order chi connectivity index (χ1) is 8.90. The van der Waals surface area contributed by atoms with E-state index in [-0.39, 0.29) is 19.1 Å². The van der Waals surface area contributed by atoms with E-state index in [1.807, 2.05) is 18.2 Å². The molecule has 0 aliphatic rings. The summed E-state index contributed by atoms with van der Waals surface area (Å²) in [5.41, 5.74) is 0. The van der Waals surface area contributed by atoms with Gasteiger partial charge >= 0.3 is 5.97 Å². The maximum absolute atomic E-state index is 11.8. The van der Waals surface area contributed by atoms with Crippen LogP contribution in [0.3, 0.4) is 0 Å². The molecule has 0 saturated heterocycles. The summed E-state index contributed by atoms with van der Waals surface area (Å²) in [6, 6.07) is 7.37. The number of carboxylic acids is 1. The maximum atomic E-state index is 11.8. The molecule has 0 radical (unpaired) electrons. The number of carbonyl (C=O) groups is 2. The van der Waals surface area contributed by atoms with Crippen molar-refractivity contribution in [3.05, 3.63) is 27.8 Å². The summed E-state index contributed by atoms with van der Waals surface area (Å²) in [4.78, 5) is 23.8. The molecule has 1 rings (SSSR count). The molecule has 1 atom stereocenters. The van der Waals surface area contributed by atoms with Gasteiger partial charge in [0.15, 0.2) is 6.61 Å². The second-order valence-electron chi connectivity index (χ2n) is 4.26. The molecular weight excluding hydrogens is 361 g/mol. The van der Waals surface area contributed by atoms with Crippen molar-refractivity contribution >= 4 is 34.5 Å². The van der Waals surface area contributed by atoms with Gasteiger partial charge in [-0.25, -0.2) is 0 Å². The molecule has 104 valence electrons. The van der Waals surface area contributed by atoms with E-state index >= 15 is 0 Å². The van der Waals surface area contributed by atoms with Crippen molar-refractivity contribution < 1.29 is 19.4 Å². The standard InChI is InChI=1S/C13H16INO4/c1-9(13(17)18)7-15(2)12(16)8-19-11-5-3-4-10(14)6-11/h3-6,9H,7-8H2,1-2H3,(H,17,18). The van der Waals surface area contributed by atoms with Gasteiger partial charge in [-0.1, -0.05) is 13.0 Å². The van der Waals surface area contributed by atoms with Gasteiger partial charge in [-0.15, -0.1) is 0 Å². The molecule has 0 aliphatic heterocycles. The van der Waals surface area contributed by atoms with Gasteiger partial charge in [-0.05, 0) is 40.8 Å². The average molecular weight is 377 g/mol. The number of benzene rings is 1. The topological polar surface area (TPSA) is 66.8 Å². The summed E-state index contributed by atoms with van der Waals surface area (Å²) in [7, 11) is 1.57. The lowest BCUT2D eigenvalue weighted by atomic mass is 10.2. The average Bonchev–Trinajstić information content (AvgIpc) is 2.35. The number of carboxylic acid groups (broad SMARTS) is 1. The van der Waals surface area contributed by atoms with Crippen LogP contribution in [0.15, 0.2) is 24.3 Å². The number of halogens is 1. The summed E-state index contributed by atoms with van der Waals surface area (Å²) in [6.45, 7) is 1.64. The maximum Gasteiger partial charge on any atom is 0.308 e. The Morgan fingerprint density at radius 2 is 2.16 bits per heavy atom. The number of rotatable bonds is 6. The number of nitrogens with zero attached hydrogens (tertiary/aromatic N) is 1. The summed E-state index contributed by atoms with van der Waals surface area (Å²) in [5.74, 6) is -1.13. The Kier molecular flexibility index (Phi) is 6.07. The van der Waals surface area contributed by atoms with Crippen LogP contribution >= 0.6 is 22.6 Å². The Balaban J connectivity index is 2.44. The molecule has 1 aromatic rings. The van der Waals surface area contributed by atoms with Crippen molar-refractivity contribution in [2.75, 3.05) is 20.2 Å². The van der Waals surface area contributed by atoms with Gasteiger partial charge in [-0.2, -0.15) is 0 Å². The summed E-state index contributed by atoms with van der Waals surface area (Å²) < 4.78 is 6.39. The zero-order chi connectivity index (χ0) is 14.4. The van der Waals surface area contributed by atoms with E-state index in [9.17, 15) is 9.59 Å². The van der Waals surface area contributed by atoms with E-state index in [0.717, 1.165) is 3.57 Å². The Hall–Kier alpha value is -1.31. The Morgan fingerprint density at radius 3 is 2.74 bits per heavy atom. The molecule has 0 aliphatic carbocycles. The van der Waals surface area contributed by atoms with Crippen LogP contribution in [-0.4, -0.2) is 42.1 Å². The minimum Gasteiger partial charge on any atom is -0.484 e. The van der Waals surface area contributed by atoms with E-state index < -0.39 is 11.9 Å². The van der Waals surface area contributed by atoms with Crippen molar-refractivity contribution in [1.82, 2.24) is 4.90 Å². The number of hydrogen-bond acceptors (Lipinski definition) is 3. The monoisotopic (exact) mass is 377 g/mol. The minimum atomic E-state index is -0.918. The second kappa shape index (κ2) is 7.32. The Morgan fingerprint density at radius 1 is 1.47 bits per heavy atom. The van der Waals surface area contributed by atoms with Crippen LogP contribution in [0.2, 0.25) is 0 Å². The van der Waals surface area contributed by atoms with Crippen LogP contribution in [0, 0.1) is 9.49 Å². The predicted octanol–water partition coefficient (Wildman–Crippen LogP) is 1.85. The smallest absolute Gasteiger partial charge is 0.308 e. The zero-order valence-electron chi connectivity index (χ0n) is 10.8. The van der Waals surface area contributed by atoms with Gasteiger partial charge in [-0.3, -0.25) is 9.59 Å². The molecule has 0 spiro atoms. The molecule has 19 heavy (non-hydrogen) atoms. The predicted molar refractivity (Wildman–Crippen MR) is 79.1 cm³/mol. The number of aliphatic carboxylic acids is 1. The van der Waals surface area contributed by atoms with Gasteiger partial charge < -0.3 is 14.7 Å². The molecule has 1 aromatic carbocycles. The molecule has 0 aromatic heterocycles. The van der Waals surface area contributed by atoms with Crippen LogP contribution in [0.25, 0.3) is 0 Å². The van der Waals surface area contributed by atoms with Gasteiger partial charge in [0, 0.05) is 17.2 Å². The lowest BCUT2D eigenvalue weighted by molar-refractivity contribution is -0.143. The number of likely N-dealkylation sites (N-methyl/N-ethyl adjacent to an activating group) is 1. The largest absolute Gasteiger partial charge is 0.484 e. The lowest BCUT2D eigenvalue weighted by Crippen LogP contribution is -2.36. The van der Waals surface area contributed by atoms with Crippen molar-refractivity contribution in [3.63, 3.8) is 0 Å². The minimum absolute atomic E-state index is 0.0943. The van der Waals surface area contributed by atoms with Crippen LogP contribution in [0.1, 0.15) is 6.92 Å². The quantitative estimate of drug-likeness (QED) is 0.769. The summed E-state index contributed by atoms with van der Waals surface area (Å²) in [6.07, 6.45) is 0. The van der Waals surface area contributed by atoms with E-state index in [0.29, 0.717) is 5.75 Å². The van der Waals surface area contributed by atoms with Crippen molar-refractivity contribution in [3.8, 4) is 5.75 Å². The molecule has 0 bridgehead atoms. The number of ether oxygens (including phenoxy) is 1. The fraction of sp³-hybridized carbons (Fsp3) is 0.385. The number of carbonyl (C=O) groups excluding carboxylic acids is 1. The molecule has 0 heterocycles. The fourth-order valence-electron chi connectivity index (χ4n) is 1.40. The highest BCUT2D eigenvalue weighted by molar-refractivity contribution is 14.1. The van der Waals surface area contributed by atoms with E-state index in [4.69, 9.17) is 9.84 Å². The molecular formula is C13H16INO4. The number of hydrogen-bond donors (Lipinski definition) is 1. The third-order valence-corrected chi connectivity index (χ3v) is 3.22. The second-order valence-corrected chi connectivity index (χ2v) is 5.51. The van der Waals surface area contributed by atoms with Crippen LogP contribution in [0.4, 0.5) is 0 Å². The highest BCUT2D eigenvalue weighted by Gasteiger charge is 2.17. The normalized spacial score (nSPS) is 11.7. The lowest BCUT2D eigenvalue weighted by Gasteiger charge is -2.19. The molecule has 0 saturated carbocycles. The third kappa shape index (κ3) is 5.46. The molecule has 5 nitrogen and oxygen atoms in total. The highest BCUT2D eigenvalue weighted by Crippen LogP contribution is 2.14. The summed E-state index contributed by atoms with van der Waals surface area (Å²) in [5, 5.41) is 8.78. The van der Waals surface area contributed by atoms with Crippen molar-refractivity contribution in [1.29, 1.82) is 0 Å². The van der Waals surface area contributed by atoms with E-state index in [2.05, 4.69) is 22.6 Å². The zero-order valence-corrected chi connectivity index (χ0v) is 13.0. The SMILES string of the molecule is CC(CN(C)C(=O)COc1cccc(I)c1)C(=O)O. The molecule has 6 heteroatoms. The molecule has 1 amide bonds. The first-order valence-electron chi connectivity index (χ1n) is 5.75. The van der Waals surface area contributed by atoms with E-state index in [1.165, 1.54) is 4.90 Å². The Labute approximate surface area is 125 Å². The third-order valence-electron chi connectivity index (χ3n) is 2.55. The van der Waals surface area contributed by atoms with Crippen molar-refractivity contribution in [2.24, 2.45) is 5.92 Å². The molecule has 0 fully saturated rings. The van der Waals surface area contributed by atoms with Crippen LogP contribution in [0.5, 0.6) is 5.75 Å². The molecule has 1 unspecified atom stereocenters. The van der Waals surface area contributed by atoms with Crippen molar-refractivity contribution in [2.45, 2.75) is 6.92 Å². The number of amides is 1. The summed E-state index contributed by atoms with van der Waals surface area (Å²) >= 11 is 2.16. The fourth-order valence-corrected chi connectivity index (χ4v) is 1.92. The first-order valence-corrected chi connectivity index (χ1v) is 6.83. The van der Waals surface area contributed by atoms with Gasteiger partial charge in [0.05, 0.1) is 5.92 Å². The Bertz CT molecular complexity index is 464. The van der Waals surface area contributed by atoms with Gasteiger partial charge in [0.25, 0.3) is 5.91 Å². The van der Waals surface area contributed by atoms with Crippen LogP contribution < -0.4 is 4.74 Å². The van der Waals surface area contributed by atoms with Crippen LogP contribution in [-0.2, 0) is 9.59 Å². The highest BCUT2D eigenvalue weighted by atomic mass is 127. The first kappa shape index (κ1) is 15.7. The van der Waals surface area contributed by atoms with Gasteiger partial charge in [0.2, 0.25) is 0 Å². The molecule has 1 N–H and O–H groups in total. The van der Waals surface area contributed by atoms with E-state index in [1.54, 1.807) is 20.0 Å². The van der Waals surface area contributed by atoms with Gasteiger partial charge in [0.1, 0.15) is 5.75 Å².